The number of ether oxygens (including phenoxy) is 1. The summed E-state index contributed by atoms with van der Waals surface area (Å²) in [6.07, 6.45) is 3.61. The zero-order valence-electron chi connectivity index (χ0n) is 20.4. The molecule has 9 nitrogen and oxygen atoms in total. The standard InChI is InChI=1S/C24H31FN6O3S2/c1-3-34-19-10-18(31(2)30-19)28-24(35)27-13-6-7-17-15(8-13)20(22(33)26-11-12-4-5-12)23(36-17)29-21(32)14-9-16(14)25/h10,12-14,16H,3-9,11H2,1-2H3,(H,26,33)(H,29,32)(H2,27,28,35)/t13?,14-,16-/m0/s1. The van der Waals surface area contributed by atoms with E-state index >= 15 is 0 Å². The Hall–Kier alpha value is -2.73. The van der Waals surface area contributed by atoms with Gasteiger partial charge in [0.15, 0.2) is 5.11 Å². The molecule has 0 radical (unpaired) electrons. The van der Waals surface area contributed by atoms with E-state index in [4.69, 9.17) is 17.0 Å². The topological polar surface area (TPSA) is 109 Å². The minimum absolute atomic E-state index is 0.0175. The van der Waals surface area contributed by atoms with Crippen molar-refractivity contribution in [1.29, 1.82) is 0 Å². The summed E-state index contributed by atoms with van der Waals surface area (Å²) in [5.41, 5.74) is 1.44. The van der Waals surface area contributed by atoms with Gasteiger partial charge < -0.3 is 26.0 Å². The Labute approximate surface area is 218 Å². The summed E-state index contributed by atoms with van der Waals surface area (Å²) in [4.78, 5) is 26.8. The number of fused-ring (bicyclic) bond motifs is 1. The van der Waals surface area contributed by atoms with E-state index in [1.807, 2.05) is 6.92 Å². The van der Waals surface area contributed by atoms with Crippen LogP contribution in [0.2, 0.25) is 0 Å². The summed E-state index contributed by atoms with van der Waals surface area (Å²) in [6.45, 7) is 3.06. The number of aryl methyl sites for hydroxylation is 2. The van der Waals surface area contributed by atoms with Crippen LogP contribution in [0.1, 0.15) is 53.4 Å². The average molecular weight is 535 g/mol. The maximum absolute atomic E-state index is 13.4. The highest BCUT2D eigenvalue weighted by Crippen LogP contribution is 2.41. The molecule has 2 fully saturated rings. The number of alkyl halides is 1. The van der Waals surface area contributed by atoms with Gasteiger partial charge >= 0.3 is 0 Å². The minimum Gasteiger partial charge on any atom is -0.477 e. The van der Waals surface area contributed by atoms with E-state index in [1.54, 1.807) is 17.8 Å². The van der Waals surface area contributed by atoms with Gasteiger partial charge in [0.2, 0.25) is 11.8 Å². The van der Waals surface area contributed by atoms with Crippen molar-refractivity contribution < 1.29 is 18.7 Å². The molecule has 0 aromatic carbocycles. The summed E-state index contributed by atoms with van der Waals surface area (Å²) < 4.78 is 20.6. The van der Waals surface area contributed by atoms with Crippen LogP contribution in [-0.2, 0) is 24.7 Å². The first-order valence-electron chi connectivity index (χ1n) is 12.4. The van der Waals surface area contributed by atoms with Crippen LogP contribution >= 0.6 is 23.6 Å². The van der Waals surface area contributed by atoms with Crippen LogP contribution < -0.4 is 26.0 Å². The van der Waals surface area contributed by atoms with E-state index in [9.17, 15) is 14.0 Å². The van der Waals surface area contributed by atoms with E-state index in [-0.39, 0.29) is 24.3 Å². The van der Waals surface area contributed by atoms with Gasteiger partial charge in [0.05, 0.1) is 18.1 Å². The van der Waals surface area contributed by atoms with E-state index in [0.29, 0.717) is 52.9 Å². The summed E-state index contributed by atoms with van der Waals surface area (Å²) in [5, 5.41) is 17.7. The SMILES string of the molecule is CCOc1cc(NC(=S)NC2CCc3sc(NC(=O)[C@H]4C[C@@H]4F)c(C(=O)NCC4CC4)c3C2)n(C)n1. The van der Waals surface area contributed by atoms with Crippen molar-refractivity contribution >= 4 is 51.3 Å². The maximum Gasteiger partial charge on any atom is 0.254 e. The Morgan fingerprint density at radius 2 is 2.08 bits per heavy atom. The zero-order chi connectivity index (χ0) is 25.4. The molecule has 0 bridgehead atoms. The van der Waals surface area contributed by atoms with E-state index in [1.165, 1.54) is 11.3 Å². The smallest absolute Gasteiger partial charge is 0.254 e. The number of rotatable bonds is 9. The molecule has 0 saturated heterocycles. The van der Waals surface area contributed by atoms with Crippen LogP contribution in [0.5, 0.6) is 5.88 Å². The van der Waals surface area contributed by atoms with Gasteiger partial charge in [-0.1, -0.05) is 0 Å². The second-order valence-corrected chi connectivity index (χ2v) is 11.2. The summed E-state index contributed by atoms with van der Waals surface area (Å²) in [5.74, 6) is 0.627. The van der Waals surface area contributed by atoms with Crippen LogP contribution in [0.15, 0.2) is 6.07 Å². The van der Waals surface area contributed by atoms with Crippen LogP contribution in [0.3, 0.4) is 0 Å². The molecule has 36 heavy (non-hydrogen) atoms. The van der Waals surface area contributed by atoms with Gasteiger partial charge in [-0.2, -0.15) is 0 Å². The van der Waals surface area contributed by atoms with E-state index in [2.05, 4.69) is 26.4 Å². The normalized spacial score (nSPS) is 22.4. The first kappa shape index (κ1) is 24.9. The third-order valence-corrected chi connectivity index (χ3v) is 8.18. The van der Waals surface area contributed by atoms with E-state index < -0.39 is 12.1 Å². The average Bonchev–Trinajstić information content (AvgIpc) is 3.73. The molecule has 3 aliphatic carbocycles. The summed E-state index contributed by atoms with van der Waals surface area (Å²) in [7, 11) is 1.81. The van der Waals surface area contributed by atoms with Crippen LogP contribution in [0.25, 0.3) is 0 Å². The molecule has 3 aliphatic rings. The molecule has 12 heteroatoms. The first-order chi connectivity index (χ1) is 17.3. The summed E-state index contributed by atoms with van der Waals surface area (Å²) >= 11 is 6.98. The summed E-state index contributed by atoms with van der Waals surface area (Å²) in [6, 6.07) is 1.80. The number of carbonyl (C=O) groups excluding carboxylic acids is 2. The second kappa shape index (κ2) is 10.3. The molecule has 1 unspecified atom stereocenters. The van der Waals surface area contributed by atoms with Crippen molar-refractivity contribution in [2.75, 3.05) is 23.8 Å². The van der Waals surface area contributed by atoms with Crippen molar-refractivity contribution in [2.24, 2.45) is 18.9 Å². The minimum atomic E-state index is -1.09. The zero-order valence-corrected chi connectivity index (χ0v) is 22.0. The second-order valence-electron chi connectivity index (χ2n) is 9.67. The third kappa shape index (κ3) is 5.64. The number of aromatic nitrogens is 2. The first-order valence-corrected chi connectivity index (χ1v) is 13.7. The van der Waals surface area contributed by atoms with Gasteiger partial charge in [0.25, 0.3) is 5.91 Å². The predicted octanol–water partition coefficient (Wildman–Crippen LogP) is 3.16. The van der Waals surface area contributed by atoms with Crippen molar-refractivity contribution in [3.8, 4) is 5.88 Å². The molecule has 3 atom stereocenters. The molecule has 2 amide bonds. The van der Waals surface area contributed by atoms with Gasteiger partial charge in [0.1, 0.15) is 17.0 Å². The lowest BCUT2D eigenvalue weighted by Gasteiger charge is -2.25. The number of hydrogen-bond donors (Lipinski definition) is 4. The number of anilines is 2. The van der Waals surface area contributed by atoms with Crippen molar-refractivity contribution in [1.82, 2.24) is 20.4 Å². The number of hydrogen-bond acceptors (Lipinski definition) is 6. The van der Waals surface area contributed by atoms with Crippen molar-refractivity contribution in [3.63, 3.8) is 0 Å². The third-order valence-electron chi connectivity index (χ3n) is 6.75. The largest absolute Gasteiger partial charge is 0.477 e. The number of halogens is 1. The van der Waals surface area contributed by atoms with Gasteiger partial charge in [-0.15, -0.1) is 16.4 Å². The highest BCUT2D eigenvalue weighted by Gasteiger charge is 2.44. The Kier molecular flexibility index (Phi) is 7.16. The number of amides is 2. The predicted molar refractivity (Wildman–Crippen MR) is 141 cm³/mol. The fraction of sp³-hybridized carbons (Fsp3) is 0.583. The van der Waals surface area contributed by atoms with Gasteiger partial charge in [-0.05, 0) is 69.1 Å². The van der Waals surface area contributed by atoms with Crippen LogP contribution in [0, 0.1) is 11.8 Å². The molecular weight excluding hydrogens is 503 g/mol. The lowest BCUT2D eigenvalue weighted by Crippen LogP contribution is -2.41. The Balaban J connectivity index is 1.28. The monoisotopic (exact) mass is 534 g/mol. The molecule has 5 rings (SSSR count). The number of thiophene rings is 1. The van der Waals surface area contributed by atoms with Gasteiger partial charge in [0, 0.05) is 30.6 Å². The molecule has 2 saturated carbocycles. The Bertz CT molecular complexity index is 1180. The Morgan fingerprint density at radius 1 is 1.31 bits per heavy atom. The number of nitrogens with one attached hydrogen (secondary N) is 4. The Morgan fingerprint density at radius 3 is 2.78 bits per heavy atom. The maximum atomic E-state index is 13.4. The molecule has 0 aliphatic heterocycles. The number of nitrogens with zero attached hydrogens (tertiary/aromatic N) is 2. The highest BCUT2D eigenvalue weighted by molar-refractivity contribution is 7.80. The van der Waals surface area contributed by atoms with Gasteiger partial charge in [-0.25, -0.2) is 9.07 Å². The highest BCUT2D eigenvalue weighted by atomic mass is 32.1. The molecule has 2 aromatic heterocycles. The van der Waals surface area contributed by atoms with Crippen LogP contribution in [-0.4, -0.2) is 52.1 Å². The van der Waals surface area contributed by atoms with Crippen molar-refractivity contribution in [2.45, 2.75) is 57.7 Å². The molecule has 0 spiro atoms. The molecule has 4 N–H and O–H groups in total. The molecule has 2 heterocycles. The van der Waals surface area contributed by atoms with Gasteiger partial charge in [-0.3, -0.25) is 9.59 Å². The van der Waals surface area contributed by atoms with Crippen LogP contribution in [0.4, 0.5) is 15.2 Å². The van der Waals surface area contributed by atoms with Crippen molar-refractivity contribution in [3.05, 3.63) is 22.1 Å². The quantitative estimate of drug-likeness (QED) is 0.366. The fourth-order valence-electron chi connectivity index (χ4n) is 4.44. The molecule has 194 valence electrons. The lowest BCUT2D eigenvalue weighted by molar-refractivity contribution is -0.117. The number of thiocarbonyl (C=S) groups is 1. The molecule has 2 aromatic rings. The number of carbonyl (C=O) groups is 2. The van der Waals surface area contributed by atoms with E-state index in [0.717, 1.165) is 36.1 Å². The molecular formula is C24H31FN6O3S2. The lowest BCUT2D eigenvalue weighted by atomic mass is 9.91. The fourth-order valence-corrected chi connectivity index (χ4v) is 5.95.